The molecule has 0 bridgehead atoms. The molecular weight excluding hydrogens is 612 g/mol. The molecule has 0 amide bonds. The Kier molecular flexibility index (Phi) is 7.77. The molecule has 0 atom stereocenters. The van der Waals surface area contributed by atoms with Crippen LogP contribution in [0.5, 0.6) is 5.75 Å². The van der Waals surface area contributed by atoms with Gasteiger partial charge in [-0.1, -0.05) is 17.7 Å². The van der Waals surface area contributed by atoms with E-state index in [4.69, 9.17) is 16.3 Å². The minimum Gasteiger partial charge on any atom is -0.488 e. The van der Waals surface area contributed by atoms with Gasteiger partial charge in [0.1, 0.15) is 24.0 Å². The van der Waals surface area contributed by atoms with Gasteiger partial charge in [0.15, 0.2) is 0 Å². The average Bonchev–Trinajstić information content (AvgIpc) is 3.68. The van der Waals surface area contributed by atoms with Crippen molar-refractivity contribution in [2.24, 2.45) is 5.41 Å². The third-order valence-electron chi connectivity index (χ3n) is 8.36. The van der Waals surface area contributed by atoms with Crippen molar-refractivity contribution in [1.29, 1.82) is 0 Å². The summed E-state index contributed by atoms with van der Waals surface area (Å²) < 4.78 is 91.2. The van der Waals surface area contributed by atoms with Gasteiger partial charge in [-0.15, -0.1) is 0 Å². The van der Waals surface area contributed by atoms with Gasteiger partial charge < -0.3 is 14.4 Å². The van der Waals surface area contributed by atoms with Gasteiger partial charge in [-0.05, 0) is 72.9 Å². The van der Waals surface area contributed by atoms with E-state index in [1.807, 2.05) is 4.90 Å². The van der Waals surface area contributed by atoms with Gasteiger partial charge in [0.2, 0.25) is 6.43 Å². The van der Waals surface area contributed by atoms with Crippen LogP contribution in [0.3, 0.4) is 0 Å². The second kappa shape index (κ2) is 11.3. The first-order valence-electron chi connectivity index (χ1n) is 13.9. The van der Waals surface area contributed by atoms with E-state index in [0.717, 1.165) is 12.1 Å². The zero-order valence-corrected chi connectivity index (χ0v) is 23.9. The van der Waals surface area contributed by atoms with Crippen LogP contribution < -0.4 is 4.74 Å². The molecule has 13 heteroatoms. The average molecular weight is 638 g/mol. The Morgan fingerprint density at radius 2 is 1.86 bits per heavy atom. The minimum absolute atomic E-state index is 0.00507. The Hall–Kier alpha value is -3.77. The zero-order chi connectivity index (χ0) is 31.4. The molecule has 4 aromatic rings. The van der Waals surface area contributed by atoms with E-state index in [2.05, 4.69) is 4.98 Å². The molecule has 2 heterocycles. The Bertz CT molecular complexity index is 1750. The predicted molar refractivity (Wildman–Crippen MR) is 149 cm³/mol. The van der Waals surface area contributed by atoms with Crippen LogP contribution in [0, 0.1) is 11.2 Å². The van der Waals surface area contributed by atoms with Crippen molar-refractivity contribution in [2.75, 3.05) is 6.54 Å². The maximum atomic E-state index is 14.3. The molecule has 1 N–H and O–H groups in total. The van der Waals surface area contributed by atoms with Crippen molar-refractivity contribution < 1.29 is 41.0 Å². The molecule has 44 heavy (non-hydrogen) atoms. The van der Waals surface area contributed by atoms with Crippen LogP contribution in [0.1, 0.15) is 51.3 Å². The summed E-state index contributed by atoms with van der Waals surface area (Å²) in [6.07, 6.45) is -6.30. The van der Waals surface area contributed by atoms with E-state index in [9.17, 15) is 36.2 Å². The molecule has 232 valence electrons. The van der Waals surface area contributed by atoms with E-state index in [1.165, 1.54) is 36.4 Å². The predicted octanol–water partition coefficient (Wildman–Crippen LogP) is 7.73. The number of carboxylic acid groups (broad SMARTS) is 1. The SMILES string of the molecule is O=C(O)c1ccc2nc(CN3CCc4cc(C(F)(F)F)c(OCc5ccc(Cl)cc5F)cc4C3)n(CC3(C(F)F)CC3)c2c1. The molecule has 6 nitrogen and oxygen atoms in total. The first-order chi connectivity index (χ1) is 20.8. The summed E-state index contributed by atoms with van der Waals surface area (Å²) in [7, 11) is 0. The number of fused-ring (bicyclic) bond motifs is 2. The van der Waals surface area contributed by atoms with Gasteiger partial charge in [0.25, 0.3) is 0 Å². The normalized spacial score (nSPS) is 16.4. The van der Waals surface area contributed by atoms with Crippen LogP contribution in [0.25, 0.3) is 11.0 Å². The number of hydrogen-bond donors (Lipinski definition) is 1. The van der Waals surface area contributed by atoms with Crippen LogP contribution in [-0.4, -0.2) is 38.5 Å². The molecule has 1 saturated carbocycles. The van der Waals surface area contributed by atoms with E-state index in [-0.39, 0.29) is 42.2 Å². The molecule has 1 aliphatic carbocycles. The molecule has 6 rings (SSSR count). The van der Waals surface area contributed by atoms with Crippen LogP contribution >= 0.6 is 11.6 Å². The van der Waals surface area contributed by atoms with Gasteiger partial charge in [-0.3, -0.25) is 4.90 Å². The van der Waals surface area contributed by atoms with Crippen molar-refractivity contribution in [3.63, 3.8) is 0 Å². The monoisotopic (exact) mass is 637 g/mol. The summed E-state index contributed by atoms with van der Waals surface area (Å²) >= 11 is 5.77. The quantitative estimate of drug-likeness (QED) is 0.190. The van der Waals surface area contributed by atoms with Crippen molar-refractivity contribution in [2.45, 2.75) is 58.1 Å². The number of aromatic nitrogens is 2. The van der Waals surface area contributed by atoms with Gasteiger partial charge >= 0.3 is 12.1 Å². The highest BCUT2D eigenvalue weighted by Crippen LogP contribution is 2.52. The lowest BCUT2D eigenvalue weighted by molar-refractivity contribution is -0.139. The van der Waals surface area contributed by atoms with Crippen molar-refractivity contribution >= 4 is 28.6 Å². The van der Waals surface area contributed by atoms with Gasteiger partial charge in [-0.25, -0.2) is 22.9 Å². The number of carboxylic acids is 1. The van der Waals surface area contributed by atoms with Crippen molar-refractivity contribution in [1.82, 2.24) is 14.5 Å². The summed E-state index contributed by atoms with van der Waals surface area (Å²) in [6.45, 7) is 0.330. The number of hydrogen-bond acceptors (Lipinski definition) is 4. The Morgan fingerprint density at radius 1 is 1.09 bits per heavy atom. The highest BCUT2D eigenvalue weighted by molar-refractivity contribution is 6.30. The summed E-state index contributed by atoms with van der Waals surface area (Å²) in [4.78, 5) is 18.2. The van der Waals surface area contributed by atoms with E-state index >= 15 is 0 Å². The summed E-state index contributed by atoms with van der Waals surface area (Å²) in [5.41, 5.74) is -0.145. The van der Waals surface area contributed by atoms with Crippen LogP contribution in [0.2, 0.25) is 5.02 Å². The van der Waals surface area contributed by atoms with E-state index in [0.29, 0.717) is 47.4 Å². The molecule has 1 aliphatic heterocycles. The summed E-state index contributed by atoms with van der Waals surface area (Å²) in [5.74, 6) is -1.83. The Morgan fingerprint density at radius 3 is 2.52 bits per heavy atom. The number of rotatable bonds is 9. The molecule has 0 radical (unpaired) electrons. The fourth-order valence-electron chi connectivity index (χ4n) is 5.64. The topological polar surface area (TPSA) is 67.6 Å². The first kappa shape index (κ1) is 30.3. The smallest absolute Gasteiger partial charge is 0.419 e. The lowest BCUT2D eigenvalue weighted by Crippen LogP contribution is -2.32. The lowest BCUT2D eigenvalue weighted by atomic mass is 9.96. The molecule has 2 aliphatic rings. The van der Waals surface area contributed by atoms with Gasteiger partial charge in [0.05, 0.1) is 28.7 Å². The Labute approximate surface area is 252 Å². The number of imidazole rings is 1. The molecule has 3 aromatic carbocycles. The fraction of sp³-hybridized carbons (Fsp3) is 0.355. The maximum Gasteiger partial charge on any atom is 0.419 e. The number of carbonyl (C=O) groups is 1. The summed E-state index contributed by atoms with van der Waals surface area (Å²) in [5, 5.41) is 9.63. The lowest BCUT2D eigenvalue weighted by Gasteiger charge is -2.30. The minimum atomic E-state index is -4.71. The van der Waals surface area contributed by atoms with Crippen LogP contribution in [0.4, 0.5) is 26.3 Å². The van der Waals surface area contributed by atoms with Gasteiger partial charge in [-0.2, -0.15) is 13.2 Å². The van der Waals surface area contributed by atoms with E-state index < -0.39 is 47.7 Å². The van der Waals surface area contributed by atoms with Crippen LogP contribution in [0.15, 0.2) is 48.5 Å². The first-order valence-corrected chi connectivity index (χ1v) is 14.2. The number of halogens is 7. The number of ether oxygens (including phenoxy) is 1. The number of aromatic carboxylic acids is 1. The van der Waals surface area contributed by atoms with Crippen molar-refractivity contribution in [3.05, 3.63) is 93.0 Å². The number of alkyl halides is 5. The Balaban J connectivity index is 1.29. The third-order valence-corrected chi connectivity index (χ3v) is 8.60. The second-order valence-corrected chi connectivity index (χ2v) is 11.8. The number of nitrogens with zero attached hydrogens (tertiary/aromatic N) is 3. The standard InChI is InChI=1S/C31H26ClF6N3O3/c32-21-3-1-19(23(33)12-21)15-44-26-11-20-13-40(8-5-17(20)9-22(26)31(36,37)38)14-27-39-24-4-2-18(28(42)43)10-25(24)41(27)16-30(6-7-30)29(34)35/h1-4,9-12,29H,5-8,13-16H2,(H,42,43). The van der Waals surface area contributed by atoms with Gasteiger partial charge in [0, 0.05) is 35.6 Å². The molecular formula is C31H26ClF6N3O3. The molecule has 0 unspecified atom stereocenters. The highest BCUT2D eigenvalue weighted by Gasteiger charge is 2.51. The van der Waals surface area contributed by atoms with Crippen molar-refractivity contribution in [3.8, 4) is 5.75 Å². The highest BCUT2D eigenvalue weighted by atomic mass is 35.5. The van der Waals surface area contributed by atoms with Crippen LogP contribution in [-0.2, 0) is 38.8 Å². The molecule has 1 aromatic heterocycles. The molecule has 0 spiro atoms. The summed E-state index contributed by atoms with van der Waals surface area (Å²) in [6, 6.07) is 10.6. The molecule has 0 saturated heterocycles. The number of benzene rings is 3. The largest absolute Gasteiger partial charge is 0.488 e. The fourth-order valence-corrected chi connectivity index (χ4v) is 5.80. The molecule has 1 fully saturated rings. The third kappa shape index (κ3) is 5.97. The second-order valence-electron chi connectivity index (χ2n) is 11.4. The van der Waals surface area contributed by atoms with E-state index in [1.54, 1.807) is 4.57 Å². The zero-order valence-electron chi connectivity index (χ0n) is 23.1. The maximum absolute atomic E-state index is 14.3.